The summed E-state index contributed by atoms with van der Waals surface area (Å²) in [5.74, 6) is 0.898. The summed E-state index contributed by atoms with van der Waals surface area (Å²) < 4.78 is 5.77. The smallest absolute Gasteiger partial charge is 0.256 e. The maximum atomic E-state index is 13.0. The van der Waals surface area contributed by atoms with Gasteiger partial charge in [-0.15, -0.1) is 5.10 Å². The molecule has 0 aliphatic carbocycles. The van der Waals surface area contributed by atoms with E-state index in [0.29, 0.717) is 13.2 Å². The van der Waals surface area contributed by atoms with Gasteiger partial charge in [0.05, 0.1) is 0 Å². The fourth-order valence-electron chi connectivity index (χ4n) is 3.10. The summed E-state index contributed by atoms with van der Waals surface area (Å²) in [5, 5.41) is 8.12. The standard InChI is InChI=1S/C19H24N4O2/c1-2-25-18(16-8-4-3-5-9-16)19(24)23-13-7-12-22(14-15-23)17-10-6-11-20-21-17/h3-6,8-11,18H,2,7,12-15H2,1H3. The summed E-state index contributed by atoms with van der Waals surface area (Å²) in [6, 6.07) is 13.6. The summed E-state index contributed by atoms with van der Waals surface area (Å²) in [7, 11) is 0. The number of amides is 1. The van der Waals surface area contributed by atoms with E-state index < -0.39 is 6.10 Å². The van der Waals surface area contributed by atoms with Crippen molar-refractivity contribution in [3.8, 4) is 0 Å². The summed E-state index contributed by atoms with van der Waals surface area (Å²) in [6.45, 7) is 5.43. The second-order valence-corrected chi connectivity index (χ2v) is 5.99. The Bertz CT molecular complexity index is 666. The number of nitrogens with zero attached hydrogens (tertiary/aromatic N) is 4. The van der Waals surface area contributed by atoms with E-state index in [4.69, 9.17) is 4.74 Å². The van der Waals surface area contributed by atoms with Gasteiger partial charge in [0.1, 0.15) is 0 Å². The van der Waals surface area contributed by atoms with Crippen LogP contribution in [0.5, 0.6) is 0 Å². The van der Waals surface area contributed by atoms with Crippen LogP contribution in [0.2, 0.25) is 0 Å². The lowest BCUT2D eigenvalue weighted by atomic mass is 10.1. The Balaban J connectivity index is 1.69. The highest BCUT2D eigenvalue weighted by atomic mass is 16.5. The topological polar surface area (TPSA) is 58.6 Å². The van der Waals surface area contributed by atoms with Gasteiger partial charge in [-0.05, 0) is 31.0 Å². The zero-order valence-corrected chi connectivity index (χ0v) is 14.5. The quantitative estimate of drug-likeness (QED) is 0.836. The van der Waals surface area contributed by atoms with Gasteiger partial charge in [0.25, 0.3) is 5.91 Å². The molecule has 0 radical (unpaired) electrons. The second-order valence-electron chi connectivity index (χ2n) is 5.99. The molecule has 2 aromatic rings. The molecule has 1 aromatic carbocycles. The molecule has 1 saturated heterocycles. The lowest BCUT2D eigenvalue weighted by Crippen LogP contribution is -2.39. The molecular weight excluding hydrogens is 316 g/mol. The number of anilines is 1. The molecule has 3 rings (SSSR count). The molecule has 132 valence electrons. The minimum Gasteiger partial charge on any atom is -0.364 e. The van der Waals surface area contributed by atoms with Crippen molar-refractivity contribution in [3.05, 3.63) is 54.2 Å². The van der Waals surface area contributed by atoms with Gasteiger partial charge in [-0.2, -0.15) is 5.10 Å². The van der Waals surface area contributed by atoms with Crippen molar-refractivity contribution in [2.45, 2.75) is 19.4 Å². The zero-order valence-electron chi connectivity index (χ0n) is 14.5. The van der Waals surface area contributed by atoms with Crippen LogP contribution < -0.4 is 4.90 Å². The molecule has 0 saturated carbocycles. The van der Waals surface area contributed by atoms with Crippen LogP contribution in [-0.4, -0.2) is 53.8 Å². The van der Waals surface area contributed by atoms with Gasteiger partial charge in [-0.1, -0.05) is 30.3 Å². The Hall–Kier alpha value is -2.47. The molecule has 0 bridgehead atoms. The van der Waals surface area contributed by atoms with Gasteiger partial charge >= 0.3 is 0 Å². The minimum absolute atomic E-state index is 0.0362. The minimum atomic E-state index is -0.533. The van der Waals surface area contributed by atoms with Gasteiger partial charge in [-0.3, -0.25) is 4.79 Å². The largest absolute Gasteiger partial charge is 0.364 e. The van der Waals surface area contributed by atoms with Gasteiger partial charge in [0.15, 0.2) is 11.9 Å². The molecule has 1 aromatic heterocycles. The Morgan fingerprint density at radius 1 is 1.12 bits per heavy atom. The third-order valence-corrected chi connectivity index (χ3v) is 4.35. The van der Waals surface area contributed by atoms with E-state index in [9.17, 15) is 4.79 Å². The van der Waals surface area contributed by atoms with E-state index in [-0.39, 0.29) is 5.91 Å². The molecule has 6 nitrogen and oxygen atoms in total. The van der Waals surface area contributed by atoms with E-state index in [2.05, 4.69) is 15.1 Å². The van der Waals surface area contributed by atoms with E-state index >= 15 is 0 Å². The molecule has 1 atom stereocenters. The summed E-state index contributed by atoms with van der Waals surface area (Å²) in [5.41, 5.74) is 0.907. The third kappa shape index (κ3) is 4.33. The van der Waals surface area contributed by atoms with Crippen LogP contribution in [0.15, 0.2) is 48.7 Å². The average Bonchev–Trinajstić information content (AvgIpc) is 2.93. The second kappa shape index (κ2) is 8.58. The van der Waals surface area contributed by atoms with Crippen molar-refractivity contribution in [2.24, 2.45) is 0 Å². The highest BCUT2D eigenvalue weighted by molar-refractivity contribution is 5.82. The van der Waals surface area contributed by atoms with Gasteiger partial charge in [-0.25, -0.2) is 0 Å². The van der Waals surface area contributed by atoms with Crippen molar-refractivity contribution in [1.82, 2.24) is 15.1 Å². The first-order valence-electron chi connectivity index (χ1n) is 8.77. The lowest BCUT2D eigenvalue weighted by Gasteiger charge is -2.26. The van der Waals surface area contributed by atoms with E-state index in [1.165, 1.54) is 0 Å². The third-order valence-electron chi connectivity index (χ3n) is 4.35. The first kappa shape index (κ1) is 17.4. The molecule has 1 fully saturated rings. The van der Waals surface area contributed by atoms with E-state index in [1.807, 2.05) is 54.3 Å². The Morgan fingerprint density at radius 3 is 2.68 bits per heavy atom. The number of aromatic nitrogens is 2. The fraction of sp³-hybridized carbons (Fsp3) is 0.421. The first-order chi connectivity index (χ1) is 12.3. The maximum absolute atomic E-state index is 13.0. The van der Waals surface area contributed by atoms with Crippen molar-refractivity contribution < 1.29 is 9.53 Å². The first-order valence-corrected chi connectivity index (χ1v) is 8.77. The monoisotopic (exact) mass is 340 g/mol. The van der Waals surface area contributed by atoms with Gasteiger partial charge in [0, 0.05) is 39.0 Å². The fourth-order valence-corrected chi connectivity index (χ4v) is 3.10. The van der Waals surface area contributed by atoms with E-state index in [0.717, 1.165) is 37.4 Å². The number of ether oxygens (including phenoxy) is 1. The number of rotatable bonds is 5. The molecule has 1 unspecified atom stereocenters. The van der Waals surface area contributed by atoms with Crippen molar-refractivity contribution in [1.29, 1.82) is 0 Å². The van der Waals surface area contributed by atoms with Crippen molar-refractivity contribution in [2.75, 3.05) is 37.7 Å². The highest BCUT2D eigenvalue weighted by Crippen LogP contribution is 2.21. The summed E-state index contributed by atoms with van der Waals surface area (Å²) in [6.07, 6.45) is 2.04. The van der Waals surface area contributed by atoms with Crippen molar-refractivity contribution in [3.63, 3.8) is 0 Å². The molecule has 1 amide bonds. The van der Waals surface area contributed by atoms with Crippen LogP contribution in [0.3, 0.4) is 0 Å². The predicted octanol–water partition coefficient (Wildman–Crippen LogP) is 2.29. The van der Waals surface area contributed by atoms with E-state index in [1.54, 1.807) is 6.20 Å². The average molecular weight is 340 g/mol. The molecule has 2 heterocycles. The number of carbonyl (C=O) groups is 1. The molecule has 1 aliphatic heterocycles. The molecule has 0 N–H and O–H groups in total. The van der Waals surface area contributed by atoms with Crippen LogP contribution in [0, 0.1) is 0 Å². The SMILES string of the molecule is CCOC(C(=O)N1CCCN(c2cccnn2)CC1)c1ccccc1. The van der Waals surface area contributed by atoms with Crippen LogP contribution in [0.1, 0.15) is 25.0 Å². The predicted molar refractivity (Wildman–Crippen MR) is 96.3 cm³/mol. The lowest BCUT2D eigenvalue weighted by molar-refractivity contribution is -0.143. The Labute approximate surface area is 148 Å². The highest BCUT2D eigenvalue weighted by Gasteiger charge is 2.28. The number of carbonyl (C=O) groups excluding carboxylic acids is 1. The number of benzene rings is 1. The molecule has 6 heteroatoms. The number of hydrogen-bond donors (Lipinski definition) is 0. The van der Waals surface area contributed by atoms with Crippen LogP contribution in [-0.2, 0) is 9.53 Å². The van der Waals surface area contributed by atoms with Gasteiger partial charge < -0.3 is 14.5 Å². The zero-order chi connectivity index (χ0) is 17.5. The number of hydrogen-bond acceptors (Lipinski definition) is 5. The van der Waals surface area contributed by atoms with Gasteiger partial charge in [0.2, 0.25) is 0 Å². The van der Waals surface area contributed by atoms with Crippen LogP contribution in [0.25, 0.3) is 0 Å². The molecule has 0 spiro atoms. The summed E-state index contributed by atoms with van der Waals surface area (Å²) in [4.78, 5) is 17.1. The molecule has 1 aliphatic rings. The van der Waals surface area contributed by atoms with Crippen LogP contribution >= 0.6 is 0 Å². The van der Waals surface area contributed by atoms with Crippen molar-refractivity contribution >= 4 is 11.7 Å². The summed E-state index contributed by atoms with van der Waals surface area (Å²) >= 11 is 0. The Kier molecular flexibility index (Phi) is 5.95. The molecular formula is C19H24N4O2. The Morgan fingerprint density at radius 2 is 1.96 bits per heavy atom. The molecule has 25 heavy (non-hydrogen) atoms. The normalized spacial score (nSPS) is 16.4. The maximum Gasteiger partial charge on any atom is 0.256 e. The van der Waals surface area contributed by atoms with Crippen LogP contribution in [0.4, 0.5) is 5.82 Å².